The van der Waals surface area contributed by atoms with Gasteiger partial charge in [0, 0.05) is 35.6 Å². The number of aromatic nitrogens is 1. The second kappa shape index (κ2) is 3.61. The molecule has 4 rings (SSSR count). The minimum Gasteiger partial charge on any atom is -0.358 e. The summed E-state index contributed by atoms with van der Waals surface area (Å²) >= 11 is 0. The molecule has 0 radical (unpaired) electrons. The number of rotatable bonds is 0. The molecule has 1 saturated heterocycles. The van der Waals surface area contributed by atoms with Crippen LogP contribution in [0.4, 0.5) is 0 Å². The molecular formula is C16H20N2. The monoisotopic (exact) mass is 240 g/mol. The predicted octanol–water partition coefficient (Wildman–Crippen LogP) is 3.48. The van der Waals surface area contributed by atoms with Crippen molar-refractivity contribution in [2.45, 2.75) is 39.2 Å². The zero-order valence-corrected chi connectivity index (χ0v) is 11.2. The molecule has 2 aliphatic heterocycles. The zero-order valence-electron chi connectivity index (χ0n) is 11.2. The van der Waals surface area contributed by atoms with Crippen LogP contribution in [0.15, 0.2) is 12.1 Å². The standard InChI is InChI=1S/C16H20N2/c1-10-8-11(2)16-12(9-10)15-13(17-16)5-7-18-6-3-4-14(15)18/h8-9,14,17H,3-7H2,1-2H3/t14-/m1/s1. The van der Waals surface area contributed by atoms with Crippen molar-refractivity contribution in [3.05, 3.63) is 34.5 Å². The van der Waals surface area contributed by atoms with Gasteiger partial charge in [0.2, 0.25) is 0 Å². The maximum atomic E-state index is 3.70. The third-order valence-electron chi connectivity index (χ3n) is 4.72. The average molecular weight is 240 g/mol. The van der Waals surface area contributed by atoms with Gasteiger partial charge in [0.15, 0.2) is 0 Å². The quantitative estimate of drug-likeness (QED) is 0.747. The molecule has 0 amide bonds. The normalized spacial score (nSPS) is 23.3. The van der Waals surface area contributed by atoms with Gasteiger partial charge < -0.3 is 4.98 Å². The average Bonchev–Trinajstić information content (AvgIpc) is 2.91. The molecule has 0 aliphatic carbocycles. The molecular weight excluding hydrogens is 220 g/mol. The first-order valence-electron chi connectivity index (χ1n) is 7.10. The molecule has 1 aromatic heterocycles. The highest BCUT2D eigenvalue weighted by Gasteiger charge is 2.33. The molecule has 1 aromatic carbocycles. The number of nitrogens with zero attached hydrogens (tertiary/aromatic N) is 1. The first-order chi connectivity index (χ1) is 8.74. The lowest BCUT2D eigenvalue weighted by molar-refractivity contribution is 0.244. The number of fused-ring (bicyclic) bond motifs is 5. The summed E-state index contributed by atoms with van der Waals surface area (Å²) in [6.45, 7) is 6.97. The van der Waals surface area contributed by atoms with Crippen molar-refractivity contribution in [1.29, 1.82) is 0 Å². The van der Waals surface area contributed by atoms with Crippen molar-refractivity contribution in [3.63, 3.8) is 0 Å². The summed E-state index contributed by atoms with van der Waals surface area (Å²) in [4.78, 5) is 6.37. The lowest BCUT2D eigenvalue weighted by Gasteiger charge is -2.29. The summed E-state index contributed by atoms with van der Waals surface area (Å²) in [5, 5.41) is 1.49. The van der Waals surface area contributed by atoms with Gasteiger partial charge in [-0.15, -0.1) is 0 Å². The highest BCUT2D eigenvalue weighted by atomic mass is 15.2. The number of H-pyrrole nitrogens is 1. The summed E-state index contributed by atoms with van der Waals surface area (Å²) in [5.41, 5.74) is 7.27. The van der Waals surface area contributed by atoms with Crippen LogP contribution < -0.4 is 0 Å². The Bertz CT molecular complexity index is 624. The topological polar surface area (TPSA) is 19.0 Å². The molecule has 0 unspecified atom stereocenters. The van der Waals surface area contributed by atoms with Gasteiger partial charge in [-0.2, -0.15) is 0 Å². The first-order valence-corrected chi connectivity index (χ1v) is 7.10. The van der Waals surface area contributed by atoms with Crippen LogP contribution in [0.2, 0.25) is 0 Å². The summed E-state index contributed by atoms with van der Waals surface area (Å²) in [6.07, 6.45) is 3.90. The smallest absolute Gasteiger partial charge is 0.0489 e. The molecule has 1 atom stereocenters. The van der Waals surface area contributed by atoms with Crippen molar-refractivity contribution < 1.29 is 0 Å². The van der Waals surface area contributed by atoms with Gasteiger partial charge in [0.25, 0.3) is 0 Å². The third-order valence-corrected chi connectivity index (χ3v) is 4.72. The van der Waals surface area contributed by atoms with Crippen molar-refractivity contribution in [3.8, 4) is 0 Å². The largest absolute Gasteiger partial charge is 0.358 e. The van der Waals surface area contributed by atoms with Gasteiger partial charge in [-0.3, -0.25) is 4.90 Å². The van der Waals surface area contributed by atoms with Crippen molar-refractivity contribution in [2.24, 2.45) is 0 Å². The van der Waals surface area contributed by atoms with Crippen LogP contribution in [0.5, 0.6) is 0 Å². The molecule has 1 fully saturated rings. The molecule has 0 bridgehead atoms. The van der Waals surface area contributed by atoms with E-state index in [1.165, 1.54) is 60.1 Å². The van der Waals surface area contributed by atoms with E-state index >= 15 is 0 Å². The van der Waals surface area contributed by atoms with E-state index < -0.39 is 0 Å². The van der Waals surface area contributed by atoms with Gasteiger partial charge >= 0.3 is 0 Å². The van der Waals surface area contributed by atoms with Crippen molar-refractivity contribution in [2.75, 3.05) is 13.1 Å². The van der Waals surface area contributed by atoms with Crippen LogP contribution in [0.1, 0.15) is 41.3 Å². The summed E-state index contributed by atoms with van der Waals surface area (Å²) in [5.74, 6) is 0. The first kappa shape index (κ1) is 10.6. The van der Waals surface area contributed by atoms with E-state index in [4.69, 9.17) is 0 Å². The second-order valence-corrected chi connectivity index (χ2v) is 5.97. The molecule has 0 saturated carbocycles. The van der Waals surface area contributed by atoms with Crippen molar-refractivity contribution >= 4 is 10.9 Å². The molecule has 2 aliphatic rings. The lowest BCUT2D eigenvalue weighted by Crippen LogP contribution is -2.30. The fourth-order valence-corrected chi connectivity index (χ4v) is 3.98. The van der Waals surface area contributed by atoms with E-state index in [1.54, 1.807) is 5.56 Å². The van der Waals surface area contributed by atoms with E-state index in [0.717, 1.165) is 0 Å². The molecule has 2 heteroatoms. The number of aromatic amines is 1. The van der Waals surface area contributed by atoms with Crippen LogP contribution in [0.25, 0.3) is 10.9 Å². The van der Waals surface area contributed by atoms with E-state index in [-0.39, 0.29) is 0 Å². The fraction of sp³-hybridized carbons (Fsp3) is 0.500. The SMILES string of the molecule is Cc1cc(C)c2[nH]c3c(c2c1)[C@H]1CCCN1CC3. The van der Waals surface area contributed by atoms with Crippen LogP contribution in [0, 0.1) is 13.8 Å². The molecule has 3 heterocycles. The Kier molecular flexibility index (Phi) is 2.13. The molecule has 18 heavy (non-hydrogen) atoms. The van der Waals surface area contributed by atoms with Crippen LogP contribution in [0.3, 0.4) is 0 Å². The van der Waals surface area contributed by atoms with Gasteiger partial charge in [0.05, 0.1) is 0 Å². The van der Waals surface area contributed by atoms with Gasteiger partial charge in [0.1, 0.15) is 0 Å². The Morgan fingerprint density at radius 2 is 2.11 bits per heavy atom. The molecule has 0 spiro atoms. The Balaban J connectivity index is 2.02. The van der Waals surface area contributed by atoms with E-state index in [2.05, 4.69) is 35.9 Å². The van der Waals surface area contributed by atoms with Gasteiger partial charge in [-0.1, -0.05) is 11.6 Å². The number of nitrogens with one attached hydrogen (secondary N) is 1. The van der Waals surface area contributed by atoms with Crippen LogP contribution in [-0.2, 0) is 6.42 Å². The van der Waals surface area contributed by atoms with Gasteiger partial charge in [-0.05, 0) is 50.4 Å². The maximum Gasteiger partial charge on any atom is 0.0489 e. The molecule has 94 valence electrons. The number of benzene rings is 1. The molecule has 2 aromatic rings. The maximum absolute atomic E-state index is 3.70. The Morgan fingerprint density at radius 3 is 3.00 bits per heavy atom. The Hall–Kier alpha value is -1.28. The van der Waals surface area contributed by atoms with Gasteiger partial charge in [-0.25, -0.2) is 0 Å². The third kappa shape index (κ3) is 1.33. The summed E-state index contributed by atoms with van der Waals surface area (Å²) in [7, 11) is 0. The number of aryl methyl sites for hydroxylation is 2. The second-order valence-electron chi connectivity index (χ2n) is 5.97. The van der Waals surface area contributed by atoms with Crippen molar-refractivity contribution in [1.82, 2.24) is 9.88 Å². The van der Waals surface area contributed by atoms with Crippen LogP contribution >= 0.6 is 0 Å². The number of hydrogen-bond donors (Lipinski definition) is 1. The highest BCUT2D eigenvalue weighted by Crippen LogP contribution is 2.42. The predicted molar refractivity (Wildman–Crippen MR) is 75.0 cm³/mol. The Morgan fingerprint density at radius 1 is 1.22 bits per heavy atom. The lowest BCUT2D eigenvalue weighted by atomic mass is 9.94. The minimum absolute atomic E-state index is 0.684. The molecule has 2 nitrogen and oxygen atoms in total. The summed E-state index contributed by atoms with van der Waals surface area (Å²) < 4.78 is 0. The zero-order chi connectivity index (χ0) is 12.3. The van der Waals surface area contributed by atoms with Crippen LogP contribution in [-0.4, -0.2) is 23.0 Å². The molecule has 1 N–H and O–H groups in total. The highest BCUT2D eigenvalue weighted by molar-refractivity contribution is 5.88. The minimum atomic E-state index is 0.684. The van der Waals surface area contributed by atoms with E-state index in [9.17, 15) is 0 Å². The van der Waals surface area contributed by atoms with E-state index in [1.807, 2.05) is 0 Å². The van der Waals surface area contributed by atoms with E-state index in [0.29, 0.717) is 6.04 Å². The fourth-order valence-electron chi connectivity index (χ4n) is 3.98. The Labute approximate surface area is 108 Å². The summed E-state index contributed by atoms with van der Waals surface area (Å²) in [6, 6.07) is 5.35. The number of hydrogen-bond acceptors (Lipinski definition) is 1.